The number of nitrogens with one attached hydrogen (secondary N) is 2. The first-order valence-electron chi connectivity index (χ1n) is 8.72. The molecule has 0 unspecified atom stereocenters. The third kappa shape index (κ3) is 4.59. The van der Waals surface area contributed by atoms with Gasteiger partial charge < -0.3 is 24.2 Å². The Bertz CT molecular complexity index is 960. The first-order chi connectivity index (χ1) is 13.6. The van der Waals surface area contributed by atoms with E-state index >= 15 is 0 Å². The Balaban J connectivity index is 1.54. The molecule has 0 aliphatic rings. The quantitative estimate of drug-likeness (QED) is 0.384. The van der Waals surface area contributed by atoms with E-state index in [1.165, 1.54) is 7.11 Å². The number of oxazole rings is 1. The standard InChI is InChI=1S/C20H22N4O4/c1-13-17(19(25)26-3)9-16(28-13)11-23-20(21-2)22-10-15-12-27-18(24-15)14-7-5-4-6-8-14/h4-9,12H,10-11H2,1-3H3,(H2,21,22,23). The Labute approximate surface area is 162 Å². The molecule has 2 heterocycles. The molecule has 8 heteroatoms. The molecule has 0 atom stereocenters. The van der Waals surface area contributed by atoms with Gasteiger partial charge >= 0.3 is 5.97 Å². The van der Waals surface area contributed by atoms with Crippen molar-refractivity contribution in [2.24, 2.45) is 4.99 Å². The second kappa shape index (κ2) is 8.90. The number of carbonyl (C=O) groups is 1. The van der Waals surface area contributed by atoms with E-state index in [9.17, 15) is 4.79 Å². The zero-order valence-corrected chi connectivity index (χ0v) is 16.0. The summed E-state index contributed by atoms with van der Waals surface area (Å²) in [7, 11) is 3.01. The number of guanidine groups is 1. The minimum absolute atomic E-state index is 0.367. The van der Waals surface area contributed by atoms with Crippen LogP contribution in [-0.4, -0.2) is 31.1 Å². The van der Waals surface area contributed by atoms with Gasteiger partial charge in [0.05, 0.1) is 25.9 Å². The Morgan fingerprint density at radius 2 is 1.96 bits per heavy atom. The molecule has 8 nitrogen and oxygen atoms in total. The van der Waals surface area contributed by atoms with Crippen molar-refractivity contribution in [2.75, 3.05) is 14.2 Å². The molecular formula is C20H22N4O4. The number of rotatable bonds is 6. The van der Waals surface area contributed by atoms with Gasteiger partial charge in [-0.2, -0.15) is 0 Å². The molecule has 3 rings (SSSR count). The number of esters is 1. The highest BCUT2D eigenvalue weighted by Crippen LogP contribution is 2.18. The monoisotopic (exact) mass is 382 g/mol. The molecule has 2 aromatic heterocycles. The Kier molecular flexibility index (Phi) is 6.11. The summed E-state index contributed by atoms with van der Waals surface area (Å²) in [6.45, 7) is 2.53. The second-order valence-electron chi connectivity index (χ2n) is 5.96. The van der Waals surface area contributed by atoms with E-state index in [0.29, 0.717) is 42.0 Å². The Morgan fingerprint density at radius 1 is 1.21 bits per heavy atom. The molecule has 0 saturated heterocycles. The van der Waals surface area contributed by atoms with Crippen molar-refractivity contribution in [3.05, 3.63) is 65.4 Å². The summed E-state index contributed by atoms with van der Waals surface area (Å²) >= 11 is 0. The van der Waals surface area contributed by atoms with Crippen LogP contribution in [0.2, 0.25) is 0 Å². The number of hydrogen-bond donors (Lipinski definition) is 2. The second-order valence-corrected chi connectivity index (χ2v) is 5.96. The molecule has 0 fully saturated rings. The van der Waals surface area contributed by atoms with Crippen molar-refractivity contribution in [1.29, 1.82) is 0 Å². The van der Waals surface area contributed by atoms with Crippen molar-refractivity contribution < 1.29 is 18.4 Å². The molecule has 2 N–H and O–H groups in total. The summed E-state index contributed by atoms with van der Waals surface area (Å²) in [6, 6.07) is 11.4. The van der Waals surface area contributed by atoms with Crippen LogP contribution in [0.5, 0.6) is 0 Å². The van der Waals surface area contributed by atoms with Crippen LogP contribution in [0, 0.1) is 6.92 Å². The van der Waals surface area contributed by atoms with Gasteiger partial charge in [0.15, 0.2) is 5.96 Å². The molecule has 0 spiro atoms. The minimum atomic E-state index is -0.421. The van der Waals surface area contributed by atoms with Crippen LogP contribution in [-0.2, 0) is 17.8 Å². The van der Waals surface area contributed by atoms with Gasteiger partial charge in [0.25, 0.3) is 0 Å². The van der Waals surface area contributed by atoms with E-state index in [4.69, 9.17) is 13.6 Å². The lowest BCUT2D eigenvalue weighted by Gasteiger charge is -2.09. The van der Waals surface area contributed by atoms with Crippen LogP contribution in [0.1, 0.15) is 27.6 Å². The first kappa shape index (κ1) is 19.2. The topological polar surface area (TPSA) is 102 Å². The lowest BCUT2D eigenvalue weighted by Crippen LogP contribution is -2.36. The number of aliphatic imine (C=N–C) groups is 1. The number of benzene rings is 1. The minimum Gasteiger partial charge on any atom is -0.465 e. The van der Waals surface area contributed by atoms with E-state index in [0.717, 1.165) is 11.3 Å². The summed E-state index contributed by atoms with van der Waals surface area (Å²) in [4.78, 5) is 20.3. The molecular weight excluding hydrogens is 360 g/mol. The Hall–Kier alpha value is -3.55. The molecule has 0 amide bonds. The van der Waals surface area contributed by atoms with Crippen LogP contribution in [0.25, 0.3) is 11.5 Å². The smallest absolute Gasteiger partial charge is 0.341 e. The van der Waals surface area contributed by atoms with E-state index in [2.05, 4.69) is 20.6 Å². The fourth-order valence-electron chi connectivity index (χ4n) is 2.61. The third-order valence-corrected chi connectivity index (χ3v) is 4.04. The lowest BCUT2D eigenvalue weighted by molar-refractivity contribution is 0.0599. The van der Waals surface area contributed by atoms with Gasteiger partial charge in [-0.25, -0.2) is 9.78 Å². The van der Waals surface area contributed by atoms with E-state index in [1.54, 1.807) is 26.3 Å². The van der Waals surface area contributed by atoms with Gasteiger partial charge in [-0.05, 0) is 25.1 Å². The average Bonchev–Trinajstić information content (AvgIpc) is 3.35. The van der Waals surface area contributed by atoms with Crippen molar-refractivity contribution in [2.45, 2.75) is 20.0 Å². The normalized spacial score (nSPS) is 11.3. The van der Waals surface area contributed by atoms with Gasteiger partial charge in [-0.15, -0.1) is 0 Å². The molecule has 1 aromatic carbocycles. The van der Waals surface area contributed by atoms with Gasteiger partial charge in [0, 0.05) is 12.6 Å². The zero-order chi connectivity index (χ0) is 19.9. The van der Waals surface area contributed by atoms with Gasteiger partial charge in [-0.1, -0.05) is 18.2 Å². The summed E-state index contributed by atoms with van der Waals surface area (Å²) in [5.74, 6) is 1.84. The maximum absolute atomic E-state index is 11.7. The van der Waals surface area contributed by atoms with Crippen LogP contribution >= 0.6 is 0 Å². The molecule has 28 heavy (non-hydrogen) atoms. The average molecular weight is 382 g/mol. The maximum atomic E-state index is 11.7. The maximum Gasteiger partial charge on any atom is 0.341 e. The van der Waals surface area contributed by atoms with Crippen molar-refractivity contribution in [1.82, 2.24) is 15.6 Å². The number of aryl methyl sites for hydroxylation is 1. The zero-order valence-electron chi connectivity index (χ0n) is 16.0. The highest BCUT2D eigenvalue weighted by molar-refractivity contribution is 5.90. The van der Waals surface area contributed by atoms with Crippen LogP contribution in [0.4, 0.5) is 0 Å². The third-order valence-electron chi connectivity index (χ3n) is 4.04. The fraction of sp³-hybridized carbons (Fsp3) is 0.250. The highest BCUT2D eigenvalue weighted by Gasteiger charge is 2.15. The number of hydrogen-bond acceptors (Lipinski definition) is 6. The fourth-order valence-corrected chi connectivity index (χ4v) is 2.61. The molecule has 0 aliphatic heterocycles. The predicted molar refractivity (Wildman–Crippen MR) is 104 cm³/mol. The number of ether oxygens (including phenoxy) is 1. The van der Waals surface area contributed by atoms with Gasteiger partial charge in [0.1, 0.15) is 23.3 Å². The Morgan fingerprint density at radius 3 is 2.68 bits per heavy atom. The van der Waals surface area contributed by atoms with E-state index in [-0.39, 0.29) is 0 Å². The van der Waals surface area contributed by atoms with Gasteiger partial charge in [-0.3, -0.25) is 4.99 Å². The van der Waals surface area contributed by atoms with Crippen LogP contribution in [0.3, 0.4) is 0 Å². The van der Waals surface area contributed by atoms with Crippen molar-refractivity contribution >= 4 is 11.9 Å². The van der Waals surface area contributed by atoms with Crippen molar-refractivity contribution in [3.8, 4) is 11.5 Å². The van der Waals surface area contributed by atoms with Gasteiger partial charge in [0.2, 0.25) is 5.89 Å². The number of carbonyl (C=O) groups excluding carboxylic acids is 1. The number of furan rings is 1. The molecule has 0 bridgehead atoms. The summed E-state index contributed by atoms with van der Waals surface area (Å²) in [5, 5.41) is 6.29. The molecule has 146 valence electrons. The molecule has 0 radical (unpaired) electrons. The summed E-state index contributed by atoms with van der Waals surface area (Å²) < 4.78 is 15.8. The molecule has 0 aliphatic carbocycles. The number of aromatic nitrogens is 1. The number of nitrogens with zero attached hydrogens (tertiary/aromatic N) is 2. The summed E-state index contributed by atoms with van der Waals surface area (Å²) in [5.41, 5.74) is 2.09. The van der Waals surface area contributed by atoms with Crippen molar-refractivity contribution in [3.63, 3.8) is 0 Å². The lowest BCUT2D eigenvalue weighted by atomic mass is 10.2. The van der Waals surface area contributed by atoms with Crippen LogP contribution < -0.4 is 10.6 Å². The highest BCUT2D eigenvalue weighted by atomic mass is 16.5. The van der Waals surface area contributed by atoms with E-state index in [1.807, 2.05) is 30.3 Å². The molecule has 0 saturated carbocycles. The molecule has 3 aromatic rings. The van der Waals surface area contributed by atoms with E-state index < -0.39 is 5.97 Å². The predicted octanol–water partition coefficient (Wildman–Crippen LogP) is 2.89. The number of methoxy groups -OCH3 is 1. The van der Waals surface area contributed by atoms with Crippen LogP contribution in [0.15, 0.2) is 56.5 Å². The summed E-state index contributed by atoms with van der Waals surface area (Å²) in [6.07, 6.45) is 1.61. The largest absolute Gasteiger partial charge is 0.465 e. The SMILES string of the molecule is CN=C(NCc1coc(-c2ccccc2)n1)NCc1cc(C(=O)OC)c(C)o1. The first-order valence-corrected chi connectivity index (χ1v) is 8.72.